The van der Waals surface area contributed by atoms with Crippen LogP contribution in [0.1, 0.15) is 30.1 Å². The van der Waals surface area contributed by atoms with Crippen LogP contribution in [0.4, 0.5) is 0 Å². The normalized spacial score (nSPS) is 27.3. The van der Waals surface area contributed by atoms with Crippen molar-refractivity contribution in [2.24, 2.45) is 0 Å². The maximum atomic E-state index is 13.1. The predicted molar refractivity (Wildman–Crippen MR) is 92.1 cm³/mol. The van der Waals surface area contributed by atoms with Gasteiger partial charge in [0.25, 0.3) is 0 Å². The molecule has 2 aromatic rings. The molecule has 2 bridgehead atoms. The van der Waals surface area contributed by atoms with E-state index in [1.807, 2.05) is 49.4 Å². The van der Waals surface area contributed by atoms with Gasteiger partial charge in [0, 0.05) is 6.54 Å². The first-order valence-corrected chi connectivity index (χ1v) is 9.78. The lowest BCUT2D eigenvalue weighted by atomic mass is 9.98. The van der Waals surface area contributed by atoms with Crippen molar-refractivity contribution in [3.8, 4) is 0 Å². The number of hydrogen-bond donors (Lipinski definition) is 0. The summed E-state index contributed by atoms with van der Waals surface area (Å²) in [4.78, 5) is 0.366. The number of aryl methyl sites for hydroxylation is 1. The van der Waals surface area contributed by atoms with Gasteiger partial charge in [0.1, 0.15) is 0 Å². The molecule has 5 heteroatoms. The number of benzene rings is 2. The minimum absolute atomic E-state index is 0.127. The van der Waals surface area contributed by atoms with E-state index in [1.165, 1.54) is 0 Å². The van der Waals surface area contributed by atoms with E-state index in [0.717, 1.165) is 24.0 Å². The number of piperidine rings is 1. The summed E-state index contributed by atoms with van der Waals surface area (Å²) in [6.07, 6.45) is 1.50. The third-order valence-corrected chi connectivity index (χ3v) is 6.93. The first-order valence-electron chi connectivity index (χ1n) is 8.34. The van der Waals surface area contributed by atoms with Crippen molar-refractivity contribution in [3.63, 3.8) is 0 Å². The van der Waals surface area contributed by atoms with Crippen LogP contribution in [-0.4, -0.2) is 31.4 Å². The molecule has 0 saturated carbocycles. The lowest BCUT2D eigenvalue weighted by molar-refractivity contribution is 0.0452. The molecule has 4 nitrogen and oxygen atoms in total. The highest BCUT2D eigenvalue weighted by Gasteiger charge is 2.47. The Hall–Kier alpha value is -1.69. The zero-order chi connectivity index (χ0) is 16.7. The van der Waals surface area contributed by atoms with E-state index in [2.05, 4.69) is 0 Å². The van der Waals surface area contributed by atoms with Crippen molar-refractivity contribution in [2.75, 3.05) is 6.54 Å². The molecule has 0 radical (unpaired) electrons. The summed E-state index contributed by atoms with van der Waals surface area (Å²) in [6.45, 7) is 2.48. The van der Waals surface area contributed by atoms with E-state index in [9.17, 15) is 8.42 Å². The van der Waals surface area contributed by atoms with Crippen LogP contribution in [0, 0.1) is 6.92 Å². The molecule has 2 heterocycles. The smallest absolute Gasteiger partial charge is 0.243 e. The van der Waals surface area contributed by atoms with Gasteiger partial charge in [0.2, 0.25) is 10.0 Å². The Morgan fingerprint density at radius 2 is 1.75 bits per heavy atom. The van der Waals surface area contributed by atoms with Crippen LogP contribution in [0.2, 0.25) is 0 Å². The summed E-state index contributed by atoms with van der Waals surface area (Å²) < 4.78 is 34.1. The molecule has 126 valence electrons. The van der Waals surface area contributed by atoms with E-state index < -0.39 is 10.0 Å². The number of rotatable bonds is 3. The first kappa shape index (κ1) is 15.8. The minimum atomic E-state index is -3.50. The average molecular weight is 343 g/mol. The fraction of sp³-hybridized carbons (Fsp3) is 0.368. The van der Waals surface area contributed by atoms with Gasteiger partial charge in [-0.15, -0.1) is 0 Å². The molecule has 0 N–H and O–H groups in total. The summed E-state index contributed by atoms with van der Waals surface area (Å²) in [6, 6.07) is 16.9. The standard InChI is InChI=1S/C19H21NO3S/c1-14-7-9-17(10-8-14)24(21,22)20-12-11-16-13-18(20)19(23-16)15-5-3-2-4-6-15/h2-10,16,18-19H,11-13H2,1H3/t16-,18+,19-/m1/s1. The Balaban J connectivity index is 1.69. The summed E-state index contributed by atoms with van der Waals surface area (Å²) >= 11 is 0. The Bertz CT molecular complexity index is 817. The van der Waals surface area contributed by atoms with Crippen LogP contribution in [0.15, 0.2) is 59.5 Å². The Kier molecular flexibility index (Phi) is 3.95. The van der Waals surface area contributed by atoms with Crippen molar-refractivity contribution < 1.29 is 13.2 Å². The second-order valence-electron chi connectivity index (χ2n) is 6.61. The lowest BCUT2D eigenvalue weighted by Gasteiger charge is -2.32. The van der Waals surface area contributed by atoms with Crippen molar-refractivity contribution in [1.29, 1.82) is 0 Å². The van der Waals surface area contributed by atoms with Crippen molar-refractivity contribution in [2.45, 2.75) is 42.9 Å². The maximum absolute atomic E-state index is 13.1. The number of hydrogen-bond acceptors (Lipinski definition) is 3. The molecule has 2 aromatic carbocycles. The van der Waals surface area contributed by atoms with Gasteiger partial charge in [0.15, 0.2) is 0 Å². The quantitative estimate of drug-likeness (QED) is 0.859. The molecule has 0 spiro atoms. The number of nitrogens with zero attached hydrogens (tertiary/aromatic N) is 1. The Labute approximate surface area is 143 Å². The van der Waals surface area contributed by atoms with E-state index in [1.54, 1.807) is 16.4 Å². The van der Waals surface area contributed by atoms with Gasteiger partial charge in [-0.05, 0) is 37.5 Å². The van der Waals surface area contributed by atoms with Crippen molar-refractivity contribution >= 4 is 10.0 Å². The molecule has 0 aromatic heterocycles. The van der Waals surface area contributed by atoms with Crippen LogP contribution in [0.5, 0.6) is 0 Å². The fourth-order valence-electron chi connectivity index (χ4n) is 3.73. The monoisotopic (exact) mass is 343 g/mol. The molecule has 2 aliphatic heterocycles. The number of ether oxygens (including phenoxy) is 1. The largest absolute Gasteiger partial charge is 0.368 e. The van der Waals surface area contributed by atoms with Crippen LogP contribution < -0.4 is 0 Å². The van der Waals surface area contributed by atoms with Crippen molar-refractivity contribution in [3.05, 3.63) is 65.7 Å². The van der Waals surface area contributed by atoms with Gasteiger partial charge in [-0.2, -0.15) is 4.31 Å². The molecule has 2 fully saturated rings. The summed E-state index contributed by atoms with van der Waals surface area (Å²) in [5.74, 6) is 0. The molecule has 0 unspecified atom stereocenters. The third-order valence-electron chi connectivity index (χ3n) is 4.99. The number of sulfonamides is 1. The molecule has 0 amide bonds. The number of fused-ring (bicyclic) bond motifs is 2. The molecule has 3 atom stereocenters. The Morgan fingerprint density at radius 3 is 2.46 bits per heavy atom. The molecular weight excluding hydrogens is 322 g/mol. The van der Waals surface area contributed by atoms with Gasteiger partial charge < -0.3 is 4.74 Å². The summed E-state index contributed by atoms with van der Waals surface area (Å²) in [5.41, 5.74) is 2.11. The van der Waals surface area contributed by atoms with Gasteiger partial charge in [-0.25, -0.2) is 8.42 Å². The van der Waals surface area contributed by atoms with Crippen LogP contribution in [0.25, 0.3) is 0 Å². The van der Waals surface area contributed by atoms with Crippen molar-refractivity contribution in [1.82, 2.24) is 4.31 Å². The molecule has 2 aliphatic rings. The molecular formula is C19H21NO3S. The first-order chi connectivity index (χ1) is 11.6. The zero-order valence-electron chi connectivity index (χ0n) is 13.6. The van der Waals surface area contributed by atoms with Crippen LogP contribution >= 0.6 is 0 Å². The van der Waals surface area contributed by atoms with E-state index in [0.29, 0.717) is 11.4 Å². The average Bonchev–Trinajstić information content (AvgIpc) is 2.92. The molecule has 0 aliphatic carbocycles. The van der Waals surface area contributed by atoms with E-state index in [4.69, 9.17) is 4.74 Å². The van der Waals surface area contributed by atoms with Gasteiger partial charge in [0.05, 0.1) is 23.1 Å². The topological polar surface area (TPSA) is 46.6 Å². The predicted octanol–water partition coefficient (Wildman–Crippen LogP) is 3.29. The highest BCUT2D eigenvalue weighted by Crippen LogP contribution is 2.43. The molecule has 2 saturated heterocycles. The Morgan fingerprint density at radius 1 is 1.04 bits per heavy atom. The van der Waals surface area contributed by atoms with Gasteiger partial charge in [-0.1, -0.05) is 48.0 Å². The fourth-order valence-corrected chi connectivity index (χ4v) is 5.38. The summed E-state index contributed by atoms with van der Waals surface area (Å²) in [5, 5.41) is 0. The highest BCUT2D eigenvalue weighted by molar-refractivity contribution is 7.89. The zero-order valence-corrected chi connectivity index (χ0v) is 14.4. The van der Waals surface area contributed by atoms with E-state index in [-0.39, 0.29) is 18.2 Å². The second kappa shape index (κ2) is 5.99. The maximum Gasteiger partial charge on any atom is 0.243 e. The lowest BCUT2D eigenvalue weighted by Crippen LogP contribution is -2.45. The molecule has 4 rings (SSSR count). The van der Waals surface area contributed by atoms with Crippen LogP contribution in [-0.2, 0) is 14.8 Å². The van der Waals surface area contributed by atoms with E-state index >= 15 is 0 Å². The minimum Gasteiger partial charge on any atom is -0.368 e. The molecule has 24 heavy (non-hydrogen) atoms. The van der Waals surface area contributed by atoms with Crippen LogP contribution in [0.3, 0.4) is 0 Å². The van der Waals surface area contributed by atoms with Gasteiger partial charge >= 0.3 is 0 Å². The summed E-state index contributed by atoms with van der Waals surface area (Å²) in [7, 11) is -3.50. The highest BCUT2D eigenvalue weighted by atomic mass is 32.2. The SMILES string of the molecule is Cc1ccc(S(=O)(=O)N2CC[C@@H]3C[C@H]2[C@@H](c2ccccc2)O3)cc1. The second-order valence-corrected chi connectivity index (χ2v) is 8.50. The third kappa shape index (κ3) is 2.66. The van der Waals surface area contributed by atoms with Gasteiger partial charge in [-0.3, -0.25) is 0 Å².